The van der Waals surface area contributed by atoms with Gasteiger partial charge in [-0.15, -0.1) is 11.3 Å². The number of hydrogen-bond donors (Lipinski definition) is 1. The van der Waals surface area contributed by atoms with Crippen molar-refractivity contribution in [3.63, 3.8) is 0 Å². The van der Waals surface area contributed by atoms with Gasteiger partial charge >= 0.3 is 0 Å². The molecule has 0 radical (unpaired) electrons. The third-order valence-corrected chi connectivity index (χ3v) is 6.88. The van der Waals surface area contributed by atoms with E-state index in [9.17, 15) is 14.4 Å². The maximum atomic E-state index is 12.7. The van der Waals surface area contributed by atoms with Crippen LogP contribution in [0, 0.1) is 0 Å². The summed E-state index contributed by atoms with van der Waals surface area (Å²) in [5, 5.41) is 4.90. The molecule has 1 N–H and O–H groups in total. The van der Waals surface area contributed by atoms with Crippen molar-refractivity contribution in [3.05, 3.63) is 92.0 Å². The van der Waals surface area contributed by atoms with Crippen molar-refractivity contribution < 1.29 is 19.1 Å². The Kier molecular flexibility index (Phi) is 7.49. The van der Waals surface area contributed by atoms with Crippen molar-refractivity contribution in [2.24, 2.45) is 0 Å². The summed E-state index contributed by atoms with van der Waals surface area (Å²) in [5.74, 6) is -0.290. The van der Waals surface area contributed by atoms with Crippen molar-refractivity contribution in [1.29, 1.82) is 0 Å². The molecule has 0 unspecified atom stereocenters. The van der Waals surface area contributed by atoms with Crippen molar-refractivity contribution in [2.75, 3.05) is 13.1 Å². The predicted molar refractivity (Wildman–Crippen MR) is 132 cm³/mol. The van der Waals surface area contributed by atoms with Gasteiger partial charge in [-0.05, 0) is 47.5 Å². The van der Waals surface area contributed by atoms with E-state index in [0.717, 1.165) is 27.1 Å². The fourth-order valence-electron chi connectivity index (χ4n) is 3.12. The number of halogens is 1. The van der Waals surface area contributed by atoms with Gasteiger partial charge in [-0.25, -0.2) is 0 Å². The summed E-state index contributed by atoms with van der Waals surface area (Å²) < 4.78 is 5.83. The number of benzene rings is 2. The molecular weight excluding hydrogens is 480 g/mol. The van der Waals surface area contributed by atoms with E-state index in [2.05, 4.69) is 5.32 Å². The van der Waals surface area contributed by atoms with Crippen LogP contribution in [0.3, 0.4) is 0 Å². The fourth-order valence-corrected chi connectivity index (χ4v) is 4.90. The maximum Gasteiger partial charge on any atom is 0.293 e. The standard InChI is InChI=1S/C24H19ClN2O4S2/c25-19-9-3-1-6-16(19)15-31-20-10-4-2-8-18(20)22(28)26-11-12-27-23(29)21(33-24(27)30)14-17-7-5-13-32-17/h1-10,13-14H,11-12,15H2,(H,26,28)/b21-14-. The van der Waals surface area contributed by atoms with E-state index in [1.165, 1.54) is 11.3 Å². The molecule has 168 valence electrons. The normalized spacial score (nSPS) is 14.7. The first-order valence-electron chi connectivity index (χ1n) is 10.1. The molecule has 6 nitrogen and oxygen atoms in total. The zero-order valence-electron chi connectivity index (χ0n) is 17.3. The largest absolute Gasteiger partial charge is 0.488 e. The number of ether oxygens (including phenoxy) is 1. The number of nitrogens with zero attached hydrogens (tertiary/aromatic N) is 1. The molecule has 1 saturated heterocycles. The minimum Gasteiger partial charge on any atom is -0.488 e. The third-order valence-electron chi connectivity index (χ3n) is 4.78. The SMILES string of the molecule is O=C(NCCN1C(=O)S/C(=C\c2cccs2)C1=O)c1ccccc1OCc1ccccc1Cl. The Morgan fingerprint density at radius 2 is 1.85 bits per heavy atom. The average molecular weight is 499 g/mol. The van der Waals surface area contributed by atoms with Crippen LogP contribution in [-0.4, -0.2) is 35.0 Å². The van der Waals surface area contributed by atoms with E-state index in [-0.39, 0.29) is 36.7 Å². The van der Waals surface area contributed by atoms with Crippen LogP contribution in [-0.2, 0) is 11.4 Å². The molecule has 4 rings (SSSR count). The summed E-state index contributed by atoms with van der Waals surface area (Å²) >= 11 is 8.57. The number of amides is 3. The number of hydrogen-bond acceptors (Lipinski definition) is 6. The minimum atomic E-state index is -0.356. The molecule has 0 spiro atoms. The van der Waals surface area contributed by atoms with Gasteiger partial charge in [-0.2, -0.15) is 0 Å². The smallest absolute Gasteiger partial charge is 0.293 e. The first kappa shape index (κ1) is 23.1. The van der Waals surface area contributed by atoms with Gasteiger partial charge in [-0.3, -0.25) is 19.3 Å². The van der Waals surface area contributed by atoms with Gasteiger partial charge in [0.05, 0.1) is 10.5 Å². The molecule has 3 aromatic rings. The van der Waals surface area contributed by atoms with Crippen LogP contribution in [0.5, 0.6) is 5.75 Å². The monoisotopic (exact) mass is 498 g/mol. The first-order chi connectivity index (χ1) is 16.0. The average Bonchev–Trinajstić information content (AvgIpc) is 3.42. The molecule has 33 heavy (non-hydrogen) atoms. The highest BCUT2D eigenvalue weighted by Crippen LogP contribution is 2.32. The highest BCUT2D eigenvalue weighted by Gasteiger charge is 2.34. The molecular formula is C24H19ClN2O4S2. The summed E-state index contributed by atoms with van der Waals surface area (Å²) in [5.41, 5.74) is 1.17. The maximum absolute atomic E-state index is 12.7. The summed E-state index contributed by atoms with van der Waals surface area (Å²) in [6.45, 7) is 0.431. The van der Waals surface area contributed by atoms with Crippen LogP contribution in [0.25, 0.3) is 6.08 Å². The Hall–Kier alpha value is -3.07. The lowest BCUT2D eigenvalue weighted by Gasteiger charge is -2.15. The zero-order chi connectivity index (χ0) is 23.2. The van der Waals surface area contributed by atoms with E-state index in [1.54, 1.807) is 36.4 Å². The number of imide groups is 1. The van der Waals surface area contributed by atoms with Crippen LogP contribution in [0.4, 0.5) is 4.79 Å². The summed E-state index contributed by atoms with van der Waals surface area (Å²) in [6.07, 6.45) is 1.71. The molecule has 2 aromatic carbocycles. The quantitative estimate of drug-likeness (QED) is 0.418. The Labute approximate surface area is 204 Å². The van der Waals surface area contributed by atoms with E-state index in [0.29, 0.717) is 21.2 Å². The molecule has 9 heteroatoms. The van der Waals surface area contributed by atoms with Crippen molar-refractivity contribution in [1.82, 2.24) is 10.2 Å². The van der Waals surface area contributed by atoms with Crippen molar-refractivity contribution in [2.45, 2.75) is 6.61 Å². The number of para-hydroxylation sites is 1. The van der Waals surface area contributed by atoms with Crippen LogP contribution in [0.1, 0.15) is 20.8 Å². The van der Waals surface area contributed by atoms with Crippen LogP contribution < -0.4 is 10.1 Å². The van der Waals surface area contributed by atoms with Crippen molar-refractivity contribution >= 4 is 57.8 Å². The molecule has 0 aliphatic carbocycles. The fraction of sp³-hybridized carbons (Fsp3) is 0.125. The van der Waals surface area contributed by atoms with E-state index < -0.39 is 0 Å². The molecule has 0 saturated carbocycles. The second-order valence-electron chi connectivity index (χ2n) is 6.98. The molecule has 1 aromatic heterocycles. The van der Waals surface area contributed by atoms with Gasteiger partial charge < -0.3 is 10.1 Å². The number of thiophene rings is 1. The highest BCUT2D eigenvalue weighted by molar-refractivity contribution is 8.18. The van der Waals surface area contributed by atoms with Gasteiger partial charge in [0.25, 0.3) is 17.1 Å². The van der Waals surface area contributed by atoms with E-state index in [1.807, 2.05) is 35.7 Å². The molecule has 1 aliphatic rings. The van der Waals surface area contributed by atoms with Gasteiger partial charge in [0.2, 0.25) is 0 Å². The van der Waals surface area contributed by atoms with Gasteiger partial charge in [0.15, 0.2) is 0 Å². The predicted octanol–water partition coefficient (Wildman–Crippen LogP) is 5.45. The summed E-state index contributed by atoms with van der Waals surface area (Å²) in [4.78, 5) is 40.0. The lowest BCUT2D eigenvalue weighted by molar-refractivity contribution is -0.122. The Morgan fingerprint density at radius 1 is 1.06 bits per heavy atom. The second kappa shape index (κ2) is 10.7. The van der Waals surface area contributed by atoms with E-state index >= 15 is 0 Å². The van der Waals surface area contributed by atoms with Crippen molar-refractivity contribution in [3.8, 4) is 5.75 Å². The Morgan fingerprint density at radius 3 is 2.64 bits per heavy atom. The van der Waals surface area contributed by atoms with Crippen LogP contribution >= 0.6 is 34.7 Å². The lowest BCUT2D eigenvalue weighted by atomic mass is 10.2. The van der Waals surface area contributed by atoms with Gasteiger partial charge in [0.1, 0.15) is 12.4 Å². The van der Waals surface area contributed by atoms with Crippen LogP contribution in [0.15, 0.2) is 70.9 Å². The Balaban J connectivity index is 1.34. The molecule has 1 aliphatic heterocycles. The van der Waals surface area contributed by atoms with E-state index in [4.69, 9.17) is 16.3 Å². The van der Waals surface area contributed by atoms with Gasteiger partial charge in [0, 0.05) is 28.6 Å². The molecule has 0 atom stereocenters. The number of rotatable bonds is 8. The zero-order valence-corrected chi connectivity index (χ0v) is 19.7. The number of carbonyl (C=O) groups excluding carboxylic acids is 3. The molecule has 3 amide bonds. The number of carbonyl (C=O) groups is 3. The Bertz CT molecular complexity index is 1210. The molecule has 1 fully saturated rings. The minimum absolute atomic E-state index is 0.0842. The second-order valence-corrected chi connectivity index (χ2v) is 9.36. The topological polar surface area (TPSA) is 75.7 Å². The summed E-state index contributed by atoms with van der Waals surface area (Å²) in [6, 6.07) is 18.0. The highest BCUT2D eigenvalue weighted by atomic mass is 35.5. The summed E-state index contributed by atoms with van der Waals surface area (Å²) in [7, 11) is 0. The third kappa shape index (κ3) is 5.65. The lowest BCUT2D eigenvalue weighted by Crippen LogP contribution is -2.37. The van der Waals surface area contributed by atoms with Gasteiger partial charge in [-0.1, -0.05) is 48.0 Å². The number of nitrogens with one attached hydrogen (secondary N) is 1. The van der Waals surface area contributed by atoms with Crippen LogP contribution in [0.2, 0.25) is 5.02 Å². The molecule has 0 bridgehead atoms. The molecule has 2 heterocycles. The number of thioether (sulfide) groups is 1. The first-order valence-corrected chi connectivity index (χ1v) is 12.1.